The fourth-order valence-electron chi connectivity index (χ4n) is 1.30. The molecule has 0 aliphatic rings. The highest BCUT2D eigenvalue weighted by atomic mass is 16.5. The number of hydrogen-bond acceptors (Lipinski definition) is 3. The molecule has 14 heavy (non-hydrogen) atoms. The van der Waals surface area contributed by atoms with Crippen LogP contribution in [0.3, 0.4) is 0 Å². The van der Waals surface area contributed by atoms with E-state index in [1.807, 2.05) is 20.8 Å². The number of ether oxygens (including phenoxy) is 1. The van der Waals surface area contributed by atoms with Gasteiger partial charge in [0, 0.05) is 13.7 Å². The van der Waals surface area contributed by atoms with Crippen molar-refractivity contribution in [1.29, 1.82) is 0 Å². The van der Waals surface area contributed by atoms with Crippen LogP contribution in [0.2, 0.25) is 0 Å². The molecular formula is C10H21NO3. The van der Waals surface area contributed by atoms with Crippen LogP contribution in [0.25, 0.3) is 0 Å². The van der Waals surface area contributed by atoms with Crippen molar-refractivity contribution in [1.82, 2.24) is 5.32 Å². The Labute approximate surface area is 85.6 Å². The van der Waals surface area contributed by atoms with Crippen LogP contribution in [0.15, 0.2) is 0 Å². The van der Waals surface area contributed by atoms with Gasteiger partial charge in [-0.1, -0.05) is 13.8 Å². The molecule has 1 atom stereocenters. The van der Waals surface area contributed by atoms with E-state index in [0.717, 1.165) is 0 Å². The average molecular weight is 203 g/mol. The molecule has 0 aromatic heterocycles. The molecule has 0 saturated heterocycles. The van der Waals surface area contributed by atoms with E-state index in [2.05, 4.69) is 5.32 Å². The summed E-state index contributed by atoms with van der Waals surface area (Å²) in [5.74, 6) is -0.786. The lowest BCUT2D eigenvalue weighted by Crippen LogP contribution is -2.53. The summed E-state index contributed by atoms with van der Waals surface area (Å²) in [6.07, 6.45) is 1.19. The van der Waals surface area contributed by atoms with E-state index in [4.69, 9.17) is 9.84 Å². The lowest BCUT2D eigenvalue weighted by Gasteiger charge is -2.29. The monoisotopic (exact) mass is 203 g/mol. The number of aliphatic carboxylic acids is 1. The van der Waals surface area contributed by atoms with Crippen LogP contribution in [0, 0.1) is 0 Å². The third kappa shape index (κ3) is 3.27. The van der Waals surface area contributed by atoms with E-state index >= 15 is 0 Å². The molecule has 0 spiro atoms. The van der Waals surface area contributed by atoms with Gasteiger partial charge in [0.1, 0.15) is 5.54 Å². The molecule has 0 bridgehead atoms. The molecule has 0 heterocycles. The molecule has 4 nitrogen and oxygen atoms in total. The minimum absolute atomic E-state index is 0.0341. The fraction of sp³-hybridized carbons (Fsp3) is 0.900. The number of carboxylic acid groups (broad SMARTS) is 1. The predicted molar refractivity (Wildman–Crippen MR) is 55.4 cm³/mol. The van der Waals surface area contributed by atoms with Gasteiger partial charge in [-0.05, 0) is 19.8 Å². The van der Waals surface area contributed by atoms with Crippen molar-refractivity contribution in [3.05, 3.63) is 0 Å². The number of hydrogen-bond donors (Lipinski definition) is 2. The zero-order chi connectivity index (χ0) is 11.2. The SMILES string of the molecule is CCC(CC)(NCC(C)OC)C(=O)O. The van der Waals surface area contributed by atoms with Gasteiger partial charge in [0.25, 0.3) is 0 Å². The molecule has 84 valence electrons. The molecule has 0 saturated carbocycles. The number of nitrogens with one attached hydrogen (secondary N) is 1. The van der Waals surface area contributed by atoms with Gasteiger partial charge in [-0.15, -0.1) is 0 Å². The highest BCUT2D eigenvalue weighted by Crippen LogP contribution is 2.15. The summed E-state index contributed by atoms with van der Waals surface area (Å²) in [4.78, 5) is 11.1. The largest absolute Gasteiger partial charge is 0.480 e. The number of carbonyl (C=O) groups is 1. The molecule has 0 rings (SSSR count). The van der Waals surface area contributed by atoms with Crippen molar-refractivity contribution >= 4 is 5.97 Å². The van der Waals surface area contributed by atoms with Crippen molar-refractivity contribution < 1.29 is 14.6 Å². The summed E-state index contributed by atoms with van der Waals surface area (Å²) < 4.78 is 5.06. The maximum Gasteiger partial charge on any atom is 0.323 e. The molecule has 0 radical (unpaired) electrons. The van der Waals surface area contributed by atoms with Crippen molar-refractivity contribution in [3.63, 3.8) is 0 Å². The molecule has 0 amide bonds. The Balaban J connectivity index is 4.29. The Morgan fingerprint density at radius 2 is 2.00 bits per heavy atom. The Morgan fingerprint density at radius 1 is 1.50 bits per heavy atom. The molecular weight excluding hydrogens is 182 g/mol. The fourth-order valence-corrected chi connectivity index (χ4v) is 1.30. The average Bonchev–Trinajstić information content (AvgIpc) is 2.19. The summed E-state index contributed by atoms with van der Waals surface area (Å²) in [5.41, 5.74) is -0.799. The maximum absolute atomic E-state index is 11.1. The van der Waals surface area contributed by atoms with Crippen molar-refractivity contribution in [3.8, 4) is 0 Å². The standard InChI is InChI=1S/C10H21NO3/c1-5-10(6-2,9(12)13)11-7-8(3)14-4/h8,11H,5-7H2,1-4H3,(H,12,13). The van der Waals surface area contributed by atoms with Crippen molar-refractivity contribution in [2.75, 3.05) is 13.7 Å². The summed E-state index contributed by atoms with van der Waals surface area (Å²) in [5, 5.41) is 12.2. The molecule has 2 N–H and O–H groups in total. The van der Waals surface area contributed by atoms with E-state index in [1.165, 1.54) is 0 Å². The van der Waals surface area contributed by atoms with Crippen LogP contribution in [0.4, 0.5) is 0 Å². The quantitative estimate of drug-likeness (QED) is 0.654. The van der Waals surface area contributed by atoms with Crippen LogP contribution in [0.1, 0.15) is 33.6 Å². The van der Waals surface area contributed by atoms with E-state index in [1.54, 1.807) is 7.11 Å². The first-order chi connectivity index (χ1) is 6.52. The summed E-state index contributed by atoms with van der Waals surface area (Å²) in [7, 11) is 1.62. The van der Waals surface area contributed by atoms with Gasteiger partial charge < -0.3 is 9.84 Å². The Bertz CT molecular complexity index is 178. The summed E-state index contributed by atoms with van der Waals surface area (Å²) >= 11 is 0. The molecule has 0 aromatic rings. The van der Waals surface area contributed by atoms with Crippen molar-refractivity contribution in [2.45, 2.75) is 45.3 Å². The zero-order valence-electron chi connectivity index (χ0n) is 9.46. The molecule has 0 aliphatic heterocycles. The zero-order valence-corrected chi connectivity index (χ0v) is 9.46. The first-order valence-corrected chi connectivity index (χ1v) is 5.03. The van der Waals surface area contributed by atoms with Crippen LogP contribution in [-0.2, 0) is 9.53 Å². The number of rotatable bonds is 7. The van der Waals surface area contributed by atoms with Gasteiger partial charge in [0.05, 0.1) is 6.10 Å². The molecule has 1 unspecified atom stereocenters. The smallest absolute Gasteiger partial charge is 0.323 e. The normalized spacial score (nSPS) is 14.0. The highest BCUT2D eigenvalue weighted by molar-refractivity contribution is 5.78. The third-order valence-electron chi connectivity index (χ3n) is 2.75. The first kappa shape index (κ1) is 13.4. The van der Waals surface area contributed by atoms with Gasteiger partial charge in [-0.25, -0.2) is 0 Å². The van der Waals surface area contributed by atoms with Crippen molar-refractivity contribution in [2.24, 2.45) is 0 Å². The Kier molecular flexibility index (Phi) is 5.72. The summed E-state index contributed by atoms with van der Waals surface area (Å²) in [6, 6.07) is 0. The topological polar surface area (TPSA) is 58.6 Å². The first-order valence-electron chi connectivity index (χ1n) is 5.03. The van der Waals surface area contributed by atoms with Gasteiger partial charge >= 0.3 is 5.97 Å². The molecule has 0 aromatic carbocycles. The number of methoxy groups -OCH3 is 1. The maximum atomic E-state index is 11.1. The van der Waals surface area contributed by atoms with E-state index in [-0.39, 0.29) is 6.10 Å². The minimum Gasteiger partial charge on any atom is -0.480 e. The number of carboxylic acids is 1. The van der Waals surface area contributed by atoms with Gasteiger partial charge in [0.2, 0.25) is 0 Å². The second-order valence-electron chi connectivity index (χ2n) is 3.52. The minimum atomic E-state index is -0.799. The van der Waals surface area contributed by atoms with E-state index in [0.29, 0.717) is 19.4 Å². The molecule has 0 aliphatic carbocycles. The molecule has 4 heteroatoms. The predicted octanol–water partition coefficient (Wildman–Crippen LogP) is 1.25. The lowest BCUT2D eigenvalue weighted by atomic mass is 9.93. The van der Waals surface area contributed by atoms with Gasteiger partial charge in [0.15, 0.2) is 0 Å². The van der Waals surface area contributed by atoms with Gasteiger partial charge in [-0.2, -0.15) is 0 Å². The van der Waals surface area contributed by atoms with Crippen LogP contribution in [-0.4, -0.2) is 36.4 Å². The second kappa shape index (κ2) is 5.98. The Morgan fingerprint density at radius 3 is 2.29 bits per heavy atom. The highest BCUT2D eigenvalue weighted by Gasteiger charge is 2.34. The van der Waals surface area contributed by atoms with E-state index in [9.17, 15) is 4.79 Å². The van der Waals surface area contributed by atoms with E-state index < -0.39 is 11.5 Å². The molecule has 0 fully saturated rings. The third-order valence-corrected chi connectivity index (χ3v) is 2.75. The summed E-state index contributed by atoms with van der Waals surface area (Å²) in [6.45, 7) is 6.22. The lowest BCUT2D eigenvalue weighted by molar-refractivity contribution is -0.145. The Hall–Kier alpha value is -0.610. The van der Waals surface area contributed by atoms with Crippen LogP contribution in [0.5, 0.6) is 0 Å². The second-order valence-corrected chi connectivity index (χ2v) is 3.52. The van der Waals surface area contributed by atoms with Crippen LogP contribution >= 0.6 is 0 Å². The van der Waals surface area contributed by atoms with Crippen LogP contribution < -0.4 is 5.32 Å². The van der Waals surface area contributed by atoms with Gasteiger partial charge in [-0.3, -0.25) is 10.1 Å².